The number of benzene rings is 1. The predicted molar refractivity (Wildman–Crippen MR) is 80.9 cm³/mol. The highest BCUT2D eigenvalue weighted by Crippen LogP contribution is 2.24. The number of carbonyl (C=O) groups is 2. The van der Waals surface area contributed by atoms with E-state index in [0.29, 0.717) is 0 Å². The van der Waals surface area contributed by atoms with Crippen molar-refractivity contribution in [3.8, 4) is 0 Å². The van der Waals surface area contributed by atoms with Crippen molar-refractivity contribution in [2.24, 2.45) is 7.05 Å². The summed E-state index contributed by atoms with van der Waals surface area (Å²) in [6.45, 7) is 1.11. The van der Waals surface area contributed by atoms with E-state index < -0.39 is 33.6 Å². The molecule has 0 aliphatic heterocycles. The van der Waals surface area contributed by atoms with Gasteiger partial charge in [0.2, 0.25) is 12.1 Å². The normalized spacial score (nSPS) is 11.7. The van der Waals surface area contributed by atoms with E-state index in [2.05, 4.69) is 4.98 Å². The van der Waals surface area contributed by atoms with Gasteiger partial charge in [-0.15, -0.1) is 0 Å². The van der Waals surface area contributed by atoms with Crippen LogP contribution in [0.3, 0.4) is 0 Å². The van der Waals surface area contributed by atoms with E-state index in [1.807, 2.05) is 0 Å². The molecular formula is C15H13N3O5. The van der Waals surface area contributed by atoms with Gasteiger partial charge in [-0.3, -0.25) is 9.59 Å². The van der Waals surface area contributed by atoms with Crippen LogP contribution in [0.5, 0.6) is 0 Å². The molecule has 0 unspecified atom stereocenters. The van der Waals surface area contributed by atoms with Crippen LogP contribution in [0.25, 0.3) is 5.76 Å². The van der Waals surface area contributed by atoms with Gasteiger partial charge in [-0.2, -0.15) is 0 Å². The van der Waals surface area contributed by atoms with Crippen molar-refractivity contribution in [2.45, 2.75) is 6.92 Å². The molecule has 0 saturated carbocycles. The second-order valence-corrected chi connectivity index (χ2v) is 4.76. The van der Waals surface area contributed by atoms with Gasteiger partial charge in [-0.05, 0) is 16.8 Å². The highest BCUT2D eigenvalue weighted by atomic mass is 16.6. The van der Waals surface area contributed by atoms with E-state index in [9.17, 15) is 24.8 Å². The minimum absolute atomic E-state index is 0.260. The Morgan fingerprint density at radius 3 is 2.39 bits per heavy atom. The molecule has 1 aromatic heterocycles. The summed E-state index contributed by atoms with van der Waals surface area (Å²) in [5.74, 6) is -2.85. The third kappa shape index (κ3) is 3.00. The van der Waals surface area contributed by atoms with Crippen LogP contribution in [0.15, 0.2) is 42.2 Å². The average molecular weight is 315 g/mol. The van der Waals surface area contributed by atoms with E-state index in [1.54, 1.807) is 18.2 Å². The van der Waals surface area contributed by atoms with Gasteiger partial charge in [0.05, 0.1) is 0 Å². The van der Waals surface area contributed by atoms with Gasteiger partial charge in [0.15, 0.2) is 11.5 Å². The molecule has 0 amide bonds. The standard InChI is InChI=1S/C15H13N3O5/c1-9(19)11(13(20)10-6-4-3-5-7-10)14(21)12-15(18(22)23)16-8-17(12)2/h3-8,20H,1-2H3/b13-11+. The summed E-state index contributed by atoms with van der Waals surface area (Å²) in [5.41, 5.74) is -0.638. The van der Waals surface area contributed by atoms with Crippen LogP contribution in [0, 0.1) is 10.1 Å². The summed E-state index contributed by atoms with van der Waals surface area (Å²) in [4.78, 5) is 38.2. The zero-order valence-corrected chi connectivity index (χ0v) is 12.4. The number of allylic oxidation sites excluding steroid dienone is 1. The van der Waals surface area contributed by atoms with Gasteiger partial charge in [-0.1, -0.05) is 30.3 Å². The van der Waals surface area contributed by atoms with Crippen molar-refractivity contribution in [3.63, 3.8) is 0 Å². The summed E-state index contributed by atoms with van der Waals surface area (Å²) in [5, 5.41) is 21.3. The molecule has 23 heavy (non-hydrogen) atoms. The topological polar surface area (TPSA) is 115 Å². The van der Waals surface area contributed by atoms with Crippen LogP contribution in [0.2, 0.25) is 0 Å². The van der Waals surface area contributed by atoms with Crippen molar-refractivity contribution in [1.82, 2.24) is 9.55 Å². The number of carbonyl (C=O) groups excluding carboxylic acids is 2. The zero-order valence-electron chi connectivity index (χ0n) is 12.4. The van der Waals surface area contributed by atoms with Crippen LogP contribution in [0.1, 0.15) is 23.0 Å². The number of Topliss-reactive ketones (excluding diaryl/α,β-unsaturated/α-hetero) is 2. The van der Waals surface area contributed by atoms with Crippen molar-refractivity contribution in [2.75, 3.05) is 0 Å². The molecule has 1 N–H and O–H groups in total. The lowest BCUT2D eigenvalue weighted by Gasteiger charge is -2.08. The van der Waals surface area contributed by atoms with Gasteiger partial charge >= 0.3 is 5.82 Å². The fourth-order valence-electron chi connectivity index (χ4n) is 2.11. The number of imidazole rings is 1. The number of aryl methyl sites for hydroxylation is 1. The number of nitro groups is 1. The molecule has 118 valence electrons. The van der Waals surface area contributed by atoms with Crippen LogP contribution < -0.4 is 0 Å². The first-order chi connectivity index (χ1) is 10.8. The Hall–Kier alpha value is -3.29. The Bertz CT molecular complexity index is 821. The van der Waals surface area contributed by atoms with Crippen LogP contribution >= 0.6 is 0 Å². The van der Waals surface area contributed by atoms with Gasteiger partial charge in [0, 0.05) is 12.6 Å². The van der Waals surface area contributed by atoms with Crippen LogP contribution in [0.4, 0.5) is 5.82 Å². The Morgan fingerprint density at radius 2 is 1.87 bits per heavy atom. The molecule has 0 aliphatic rings. The lowest BCUT2D eigenvalue weighted by molar-refractivity contribution is -0.389. The summed E-state index contributed by atoms with van der Waals surface area (Å²) >= 11 is 0. The molecule has 0 spiro atoms. The van der Waals surface area contributed by atoms with Crippen LogP contribution in [-0.4, -0.2) is 31.1 Å². The molecule has 2 aromatic rings. The van der Waals surface area contributed by atoms with E-state index >= 15 is 0 Å². The highest BCUT2D eigenvalue weighted by molar-refractivity contribution is 6.29. The Labute approximate surface area is 130 Å². The fourth-order valence-corrected chi connectivity index (χ4v) is 2.11. The quantitative estimate of drug-likeness (QED) is 0.172. The van der Waals surface area contributed by atoms with E-state index in [0.717, 1.165) is 17.8 Å². The minimum Gasteiger partial charge on any atom is -0.506 e. The molecule has 2 rings (SSSR count). The molecule has 8 heteroatoms. The second kappa shape index (κ2) is 6.22. The SMILES string of the molecule is CC(=O)/C(C(=O)c1c([N+](=O)[O-])ncn1C)=C(\O)c1ccccc1. The Kier molecular flexibility index (Phi) is 4.35. The third-order valence-electron chi connectivity index (χ3n) is 3.17. The van der Waals surface area contributed by atoms with E-state index in [-0.39, 0.29) is 11.3 Å². The maximum absolute atomic E-state index is 12.6. The first-order valence-electron chi connectivity index (χ1n) is 6.54. The smallest absolute Gasteiger partial charge is 0.393 e. The number of aromatic nitrogens is 2. The maximum atomic E-state index is 12.6. The monoisotopic (exact) mass is 315 g/mol. The van der Waals surface area contributed by atoms with Crippen molar-refractivity contribution in [3.05, 3.63) is 63.6 Å². The number of nitrogens with zero attached hydrogens (tertiary/aromatic N) is 3. The molecule has 0 radical (unpaired) electrons. The van der Waals surface area contributed by atoms with Gasteiger partial charge in [0.1, 0.15) is 11.3 Å². The first kappa shape index (κ1) is 16.1. The molecule has 0 saturated heterocycles. The number of aliphatic hydroxyl groups excluding tert-OH is 1. The first-order valence-corrected chi connectivity index (χ1v) is 6.54. The predicted octanol–water partition coefficient (Wildman–Crippen LogP) is 2.07. The number of hydrogen-bond acceptors (Lipinski definition) is 6. The Balaban J connectivity index is 2.65. The summed E-state index contributed by atoms with van der Waals surface area (Å²) in [6, 6.07) is 7.99. The van der Waals surface area contributed by atoms with Crippen molar-refractivity contribution in [1.29, 1.82) is 0 Å². The molecule has 0 atom stereocenters. The van der Waals surface area contributed by atoms with E-state index in [1.165, 1.54) is 19.2 Å². The molecular weight excluding hydrogens is 302 g/mol. The van der Waals surface area contributed by atoms with Gasteiger partial charge in [0.25, 0.3) is 0 Å². The summed E-state index contributed by atoms with van der Waals surface area (Å²) in [6.07, 6.45) is 1.10. The molecule has 0 aliphatic carbocycles. The van der Waals surface area contributed by atoms with Gasteiger partial charge in [-0.25, -0.2) is 0 Å². The summed E-state index contributed by atoms with van der Waals surface area (Å²) in [7, 11) is 1.39. The highest BCUT2D eigenvalue weighted by Gasteiger charge is 2.32. The molecule has 8 nitrogen and oxygen atoms in total. The number of hydrogen-bond donors (Lipinski definition) is 1. The van der Waals surface area contributed by atoms with Gasteiger partial charge < -0.3 is 19.8 Å². The summed E-state index contributed by atoms with van der Waals surface area (Å²) < 4.78 is 1.14. The van der Waals surface area contributed by atoms with Crippen LogP contribution in [-0.2, 0) is 11.8 Å². The molecule has 0 fully saturated rings. The van der Waals surface area contributed by atoms with E-state index in [4.69, 9.17) is 0 Å². The zero-order chi connectivity index (χ0) is 17.1. The number of aliphatic hydroxyl groups is 1. The number of rotatable bonds is 5. The maximum Gasteiger partial charge on any atom is 0.393 e. The number of ketones is 2. The largest absolute Gasteiger partial charge is 0.506 e. The molecule has 0 bridgehead atoms. The fraction of sp³-hybridized carbons (Fsp3) is 0.133. The van der Waals surface area contributed by atoms with Crippen molar-refractivity contribution < 1.29 is 19.6 Å². The molecule has 1 heterocycles. The third-order valence-corrected chi connectivity index (χ3v) is 3.17. The lowest BCUT2D eigenvalue weighted by Crippen LogP contribution is -2.17. The lowest BCUT2D eigenvalue weighted by atomic mass is 9.99. The Morgan fingerprint density at radius 1 is 1.26 bits per heavy atom. The molecule has 1 aromatic carbocycles. The second-order valence-electron chi connectivity index (χ2n) is 4.76. The van der Waals surface area contributed by atoms with Crippen molar-refractivity contribution >= 4 is 23.1 Å². The minimum atomic E-state index is -0.953. The average Bonchev–Trinajstić information content (AvgIpc) is 2.89.